The molecule has 1 heteroatoms. The van der Waals surface area contributed by atoms with Crippen molar-refractivity contribution in [3.63, 3.8) is 0 Å². The Bertz CT molecular complexity index is 708. The van der Waals surface area contributed by atoms with Gasteiger partial charge in [-0.2, -0.15) is 0 Å². The first kappa shape index (κ1) is 14.5. The summed E-state index contributed by atoms with van der Waals surface area (Å²) >= 11 is 0. The van der Waals surface area contributed by atoms with Gasteiger partial charge in [0.15, 0.2) is 5.78 Å². The lowest BCUT2D eigenvalue weighted by molar-refractivity contribution is -0.113. The van der Waals surface area contributed by atoms with Crippen molar-refractivity contribution in [1.29, 1.82) is 0 Å². The third-order valence-electron chi connectivity index (χ3n) is 4.19. The minimum Gasteiger partial charge on any atom is -0.289 e. The Morgan fingerprint density at radius 2 is 1.41 bits per heavy atom. The molecular weight excluding hydrogens is 268 g/mol. The predicted molar refractivity (Wildman–Crippen MR) is 92.2 cm³/mol. The molecule has 1 saturated carbocycles. The average Bonchev–Trinajstić information content (AvgIpc) is 2.56. The summed E-state index contributed by atoms with van der Waals surface area (Å²) in [5.74, 6) is 0.520. The molecule has 1 aliphatic rings. The van der Waals surface area contributed by atoms with Crippen molar-refractivity contribution in [3.8, 4) is 0 Å². The summed E-state index contributed by atoms with van der Waals surface area (Å²) in [6.07, 6.45) is 5.97. The lowest BCUT2D eigenvalue weighted by Gasteiger charge is -2.23. The second-order valence-electron chi connectivity index (χ2n) is 5.86. The molecule has 0 aliphatic heterocycles. The van der Waals surface area contributed by atoms with Gasteiger partial charge in [-0.3, -0.25) is 4.79 Å². The molecule has 0 N–H and O–H groups in total. The Balaban J connectivity index is 1.93. The second kappa shape index (κ2) is 6.57. The van der Waals surface area contributed by atoms with E-state index < -0.39 is 0 Å². The Hall–Kier alpha value is -2.41. The fraction of sp³-hybridized carbons (Fsp3) is 0.190. The SMILES string of the molecule is C[C@@H]1CC/C(=C\c2ccccc2)C(=O)/C1=C/c1ccccc1. The van der Waals surface area contributed by atoms with Crippen molar-refractivity contribution >= 4 is 17.9 Å². The highest BCUT2D eigenvalue weighted by Gasteiger charge is 2.26. The first-order valence-corrected chi connectivity index (χ1v) is 7.81. The summed E-state index contributed by atoms with van der Waals surface area (Å²) in [5.41, 5.74) is 4.05. The van der Waals surface area contributed by atoms with E-state index in [9.17, 15) is 4.79 Å². The summed E-state index contributed by atoms with van der Waals surface area (Å²) in [5, 5.41) is 0. The van der Waals surface area contributed by atoms with Gasteiger partial charge in [-0.1, -0.05) is 67.6 Å². The van der Waals surface area contributed by atoms with Gasteiger partial charge in [0.05, 0.1) is 0 Å². The van der Waals surface area contributed by atoms with Gasteiger partial charge in [0.1, 0.15) is 0 Å². The van der Waals surface area contributed by atoms with E-state index >= 15 is 0 Å². The van der Waals surface area contributed by atoms with Crippen molar-refractivity contribution < 1.29 is 4.79 Å². The molecule has 110 valence electrons. The number of hydrogen-bond acceptors (Lipinski definition) is 1. The Kier molecular flexibility index (Phi) is 4.34. The molecule has 0 saturated heterocycles. The largest absolute Gasteiger partial charge is 0.289 e. The standard InChI is InChI=1S/C21H20O/c1-16-12-13-19(14-17-8-4-2-5-9-17)21(22)20(16)15-18-10-6-3-7-11-18/h2-11,14-16H,12-13H2,1H3/b19-14+,20-15+/t16-/m1/s1. The van der Waals surface area contributed by atoms with Crippen LogP contribution in [0.5, 0.6) is 0 Å². The molecule has 3 rings (SSSR count). The fourth-order valence-electron chi connectivity index (χ4n) is 2.88. The second-order valence-corrected chi connectivity index (χ2v) is 5.86. The number of carbonyl (C=O) groups excluding carboxylic acids is 1. The van der Waals surface area contributed by atoms with Crippen LogP contribution in [0, 0.1) is 5.92 Å². The fourth-order valence-corrected chi connectivity index (χ4v) is 2.88. The highest BCUT2D eigenvalue weighted by molar-refractivity contribution is 6.14. The van der Waals surface area contributed by atoms with Gasteiger partial charge in [-0.25, -0.2) is 0 Å². The molecule has 0 heterocycles. The average molecular weight is 288 g/mol. The van der Waals surface area contributed by atoms with Gasteiger partial charge in [0.2, 0.25) is 0 Å². The van der Waals surface area contributed by atoms with Crippen LogP contribution in [-0.2, 0) is 4.79 Å². The molecule has 0 bridgehead atoms. The minimum absolute atomic E-state index is 0.200. The highest BCUT2D eigenvalue weighted by atomic mass is 16.1. The van der Waals surface area contributed by atoms with Gasteiger partial charge in [0, 0.05) is 11.1 Å². The quantitative estimate of drug-likeness (QED) is 0.698. The van der Waals surface area contributed by atoms with E-state index in [0.29, 0.717) is 5.92 Å². The van der Waals surface area contributed by atoms with Crippen molar-refractivity contribution in [1.82, 2.24) is 0 Å². The number of allylic oxidation sites excluding steroid dienone is 2. The first-order chi connectivity index (χ1) is 10.7. The number of Topliss-reactive ketones (excluding diaryl/α,β-unsaturated/α-hetero) is 1. The van der Waals surface area contributed by atoms with Gasteiger partial charge < -0.3 is 0 Å². The predicted octanol–water partition coefficient (Wildman–Crippen LogP) is 5.15. The number of benzene rings is 2. The third kappa shape index (κ3) is 3.25. The highest BCUT2D eigenvalue weighted by Crippen LogP contribution is 2.32. The molecule has 1 fully saturated rings. The maximum absolute atomic E-state index is 12.8. The zero-order chi connectivity index (χ0) is 15.4. The number of ketones is 1. The van der Waals surface area contributed by atoms with Crippen LogP contribution >= 0.6 is 0 Å². The zero-order valence-electron chi connectivity index (χ0n) is 12.8. The summed E-state index contributed by atoms with van der Waals surface area (Å²) < 4.78 is 0. The Morgan fingerprint density at radius 3 is 2.00 bits per heavy atom. The normalized spacial score (nSPS) is 22.2. The summed E-state index contributed by atoms with van der Waals surface area (Å²) in [4.78, 5) is 12.8. The van der Waals surface area contributed by atoms with E-state index in [1.807, 2.05) is 72.8 Å². The molecule has 2 aromatic carbocycles. The van der Waals surface area contributed by atoms with Crippen LogP contribution < -0.4 is 0 Å². The molecule has 0 unspecified atom stereocenters. The molecule has 0 amide bonds. The van der Waals surface area contributed by atoms with Crippen LogP contribution in [-0.4, -0.2) is 5.78 Å². The van der Waals surface area contributed by atoms with Crippen LogP contribution in [0.4, 0.5) is 0 Å². The number of hydrogen-bond donors (Lipinski definition) is 0. The minimum atomic E-state index is 0.200. The molecule has 0 radical (unpaired) electrons. The van der Waals surface area contributed by atoms with Crippen LogP contribution in [0.1, 0.15) is 30.9 Å². The van der Waals surface area contributed by atoms with Gasteiger partial charge in [0.25, 0.3) is 0 Å². The van der Waals surface area contributed by atoms with E-state index in [-0.39, 0.29) is 5.78 Å². The molecule has 22 heavy (non-hydrogen) atoms. The van der Waals surface area contributed by atoms with Crippen LogP contribution in [0.15, 0.2) is 71.8 Å². The summed E-state index contributed by atoms with van der Waals surface area (Å²) in [7, 11) is 0. The van der Waals surface area contributed by atoms with E-state index in [0.717, 1.165) is 35.1 Å². The topological polar surface area (TPSA) is 17.1 Å². The molecule has 0 aromatic heterocycles. The van der Waals surface area contributed by atoms with Crippen LogP contribution in [0.2, 0.25) is 0 Å². The van der Waals surface area contributed by atoms with E-state index in [4.69, 9.17) is 0 Å². The maximum atomic E-state index is 12.8. The molecule has 0 spiro atoms. The molecule has 1 nitrogen and oxygen atoms in total. The van der Waals surface area contributed by atoms with E-state index in [1.54, 1.807) is 0 Å². The first-order valence-electron chi connectivity index (χ1n) is 7.81. The summed E-state index contributed by atoms with van der Waals surface area (Å²) in [6.45, 7) is 2.14. The molecule has 1 aliphatic carbocycles. The van der Waals surface area contributed by atoms with Gasteiger partial charge in [-0.15, -0.1) is 0 Å². The van der Waals surface area contributed by atoms with Crippen molar-refractivity contribution in [2.75, 3.05) is 0 Å². The maximum Gasteiger partial charge on any atom is 0.185 e. The Labute approximate surface area is 132 Å². The lowest BCUT2D eigenvalue weighted by Crippen LogP contribution is -2.19. The third-order valence-corrected chi connectivity index (χ3v) is 4.19. The zero-order valence-corrected chi connectivity index (χ0v) is 12.8. The van der Waals surface area contributed by atoms with Crippen LogP contribution in [0.3, 0.4) is 0 Å². The lowest BCUT2D eigenvalue weighted by atomic mass is 9.80. The molecule has 2 aromatic rings. The summed E-state index contributed by atoms with van der Waals surface area (Å²) in [6, 6.07) is 20.2. The Morgan fingerprint density at radius 1 is 0.864 bits per heavy atom. The van der Waals surface area contributed by atoms with Crippen molar-refractivity contribution in [2.45, 2.75) is 19.8 Å². The number of carbonyl (C=O) groups is 1. The monoisotopic (exact) mass is 288 g/mol. The molecule has 1 atom stereocenters. The van der Waals surface area contributed by atoms with Gasteiger partial charge >= 0.3 is 0 Å². The van der Waals surface area contributed by atoms with E-state index in [1.165, 1.54) is 0 Å². The smallest absolute Gasteiger partial charge is 0.185 e. The van der Waals surface area contributed by atoms with Gasteiger partial charge in [-0.05, 0) is 42.0 Å². The molecular formula is C21H20O. The number of rotatable bonds is 2. The van der Waals surface area contributed by atoms with E-state index in [2.05, 4.69) is 6.92 Å². The van der Waals surface area contributed by atoms with Crippen molar-refractivity contribution in [3.05, 3.63) is 82.9 Å². The van der Waals surface area contributed by atoms with Crippen LogP contribution in [0.25, 0.3) is 12.2 Å². The van der Waals surface area contributed by atoms with Crippen molar-refractivity contribution in [2.24, 2.45) is 5.92 Å².